The Hall–Kier alpha value is -7.07. The van der Waals surface area contributed by atoms with Gasteiger partial charge in [0.25, 0.3) is 0 Å². The van der Waals surface area contributed by atoms with Crippen molar-refractivity contribution in [2.45, 2.75) is 15.2 Å². The average molecular weight is 755 g/mol. The van der Waals surface area contributed by atoms with E-state index in [9.17, 15) is 0 Å². The Morgan fingerprint density at radius 2 is 0.828 bits per heavy atom. The third kappa shape index (κ3) is 5.07. The van der Waals surface area contributed by atoms with Crippen molar-refractivity contribution in [2.24, 2.45) is 0 Å². The number of rotatable bonds is 4. The highest BCUT2D eigenvalue weighted by Crippen LogP contribution is 2.62. The van der Waals surface area contributed by atoms with Crippen molar-refractivity contribution in [1.82, 2.24) is 9.97 Å². The molecular formula is C55H34N2S. The third-order valence-electron chi connectivity index (χ3n) is 12.1. The zero-order chi connectivity index (χ0) is 38.2. The van der Waals surface area contributed by atoms with Crippen molar-refractivity contribution in [2.75, 3.05) is 0 Å². The van der Waals surface area contributed by atoms with E-state index < -0.39 is 5.41 Å². The maximum absolute atomic E-state index is 5.32. The van der Waals surface area contributed by atoms with Crippen molar-refractivity contribution in [1.29, 1.82) is 0 Å². The summed E-state index contributed by atoms with van der Waals surface area (Å²) >= 11 is 1.86. The molecule has 0 saturated heterocycles. The van der Waals surface area contributed by atoms with Crippen LogP contribution in [0, 0.1) is 0 Å². The van der Waals surface area contributed by atoms with Gasteiger partial charge >= 0.3 is 0 Å². The lowest BCUT2D eigenvalue weighted by Gasteiger charge is -2.40. The molecule has 2 aliphatic rings. The SMILES string of the molecule is c1ccc(-c2cc(-c3ccc(-c4ccc5ccccc5c4)cc3)nc(-c3ccc4c(c3)Sc3cc5ccccc5cc3C43c4ccccc4-c4ccccc43)n2)cc1. The Balaban J connectivity index is 1.03. The minimum Gasteiger partial charge on any atom is -0.228 e. The van der Waals surface area contributed by atoms with E-state index in [1.54, 1.807) is 0 Å². The molecule has 2 heterocycles. The normalized spacial score (nSPS) is 13.2. The lowest BCUT2D eigenvalue weighted by molar-refractivity contribution is 0.724. The predicted octanol–water partition coefficient (Wildman–Crippen LogP) is 14.3. The van der Waals surface area contributed by atoms with E-state index in [1.807, 2.05) is 11.8 Å². The van der Waals surface area contributed by atoms with Crippen LogP contribution in [0.4, 0.5) is 0 Å². The van der Waals surface area contributed by atoms with E-state index >= 15 is 0 Å². The molecule has 0 unspecified atom stereocenters. The van der Waals surface area contributed by atoms with Gasteiger partial charge in [0.15, 0.2) is 5.82 Å². The first-order chi connectivity index (χ1) is 28.7. The third-order valence-corrected chi connectivity index (χ3v) is 13.2. The number of hydrogen-bond acceptors (Lipinski definition) is 3. The molecule has 1 aromatic heterocycles. The molecule has 0 fully saturated rings. The van der Waals surface area contributed by atoms with Gasteiger partial charge in [0, 0.05) is 26.5 Å². The Bertz CT molecular complexity index is 3210. The molecule has 9 aromatic carbocycles. The molecule has 0 amide bonds. The Morgan fingerprint density at radius 1 is 0.310 bits per heavy atom. The highest BCUT2D eigenvalue weighted by atomic mass is 32.2. The van der Waals surface area contributed by atoms with E-state index in [0.29, 0.717) is 5.82 Å². The number of benzene rings is 9. The summed E-state index contributed by atoms with van der Waals surface area (Å²) in [6, 6.07) is 75.0. The van der Waals surface area contributed by atoms with Crippen LogP contribution in [0.1, 0.15) is 22.3 Å². The second-order valence-electron chi connectivity index (χ2n) is 15.3. The standard InChI is InChI=1S/C55H34N2S/c1-2-13-37(14-3-1)50-34-51(38-25-22-36(23-26-38)42-27-24-35-12-4-5-15-39(35)30-42)57-54(56-50)43-28-29-48-52(33-43)58-53-32-41-17-7-6-16-40(41)31-49(53)55(48)46-20-10-8-18-44(46)45-19-9-11-21-47(45)55/h1-34H. The molecule has 1 spiro atoms. The fraction of sp³-hybridized carbons (Fsp3) is 0.0182. The lowest BCUT2D eigenvalue weighted by Crippen LogP contribution is -2.32. The molecule has 12 rings (SSSR count). The Morgan fingerprint density at radius 3 is 1.53 bits per heavy atom. The summed E-state index contributed by atoms with van der Waals surface area (Å²) in [5.74, 6) is 0.712. The van der Waals surface area contributed by atoms with Gasteiger partial charge in [0.2, 0.25) is 0 Å². The van der Waals surface area contributed by atoms with E-state index in [1.165, 1.54) is 75.8 Å². The first-order valence-corrected chi connectivity index (χ1v) is 20.6. The smallest absolute Gasteiger partial charge is 0.160 e. The van der Waals surface area contributed by atoms with Gasteiger partial charge in [-0.25, -0.2) is 9.97 Å². The zero-order valence-electron chi connectivity index (χ0n) is 31.4. The van der Waals surface area contributed by atoms with Gasteiger partial charge in [-0.05, 0) is 96.4 Å². The number of fused-ring (bicyclic) bond motifs is 11. The maximum Gasteiger partial charge on any atom is 0.160 e. The predicted molar refractivity (Wildman–Crippen MR) is 240 cm³/mol. The van der Waals surface area contributed by atoms with Gasteiger partial charge in [-0.3, -0.25) is 0 Å². The van der Waals surface area contributed by atoms with Gasteiger partial charge in [-0.15, -0.1) is 0 Å². The fourth-order valence-electron chi connectivity index (χ4n) is 9.41. The van der Waals surface area contributed by atoms with E-state index in [2.05, 4.69) is 206 Å². The molecule has 0 bridgehead atoms. The molecule has 58 heavy (non-hydrogen) atoms. The van der Waals surface area contributed by atoms with Gasteiger partial charge in [0.1, 0.15) is 0 Å². The van der Waals surface area contributed by atoms with Crippen LogP contribution in [0.15, 0.2) is 216 Å². The monoisotopic (exact) mass is 754 g/mol. The summed E-state index contributed by atoms with van der Waals surface area (Å²) in [4.78, 5) is 13.1. The molecule has 0 N–H and O–H groups in total. The molecule has 1 aliphatic carbocycles. The highest BCUT2D eigenvalue weighted by molar-refractivity contribution is 7.99. The van der Waals surface area contributed by atoms with Gasteiger partial charge in [0.05, 0.1) is 16.8 Å². The molecule has 2 nitrogen and oxygen atoms in total. The molecule has 3 heteroatoms. The average Bonchev–Trinajstić information content (AvgIpc) is 3.59. The van der Waals surface area contributed by atoms with Crippen LogP contribution in [0.2, 0.25) is 0 Å². The number of aromatic nitrogens is 2. The van der Waals surface area contributed by atoms with Crippen LogP contribution in [0.5, 0.6) is 0 Å². The van der Waals surface area contributed by atoms with Gasteiger partial charge < -0.3 is 0 Å². The van der Waals surface area contributed by atoms with Crippen LogP contribution in [-0.2, 0) is 5.41 Å². The van der Waals surface area contributed by atoms with Gasteiger partial charge in [-0.1, -0.05) is 188 Å². The van der Waals surface area contributed by atoms with Crippen LogP contribution < -0.4 is 0 Å². The quantitative estimate of drug-likeness (QED) is 0.179. The Labute approximate surface area is 341 Å². The second kappa shape index (κ2) is 13.0. The molecule has 0 radical (unpaired) electrons. The molecule has 270 valence electrons. The largest absolute Gasteiger partial charge is 0.228 e. The van der Waals surface area contributed by atoms with Crippen molar-refractivity contribution in [3.63, 3.8) is 0 Å². The van der Waals surface area contributed by atoms with Crippen molar-refractivity contribution < 1.29 is 0 Å². The molecule has 0 atom stereocenters. The number of hydrogen-bond donors (Lipinski definition) is 0. The summed E-state index contributed by atoms with van der Waals surface area (Å²) in [5, 5.41) is 4.99. The summed E-state index contributed by atoms with van der Waals surface area (Å²) in [7, 11) is 0. The summed E-state index contributed by atoms with van der Waals surface area (Å²) in [6.07, 6.45) is 0. The summed E-state index contributed by atoms with van der Waals surface area (Å²) < 4.78 is 0. The summed E-state index contributed by atoms with van der Waals surface area (Å²) in [6.45, 7) is 0. The highest BCUT2D eigenvalue weighted by Gasteiger charge is 2.50. The molecule has 1 aliphatic heterocycles. The molecular weight excluding hydrogens is 721 g/mol. The second-order valence-corrected chi connectivity index (χ2v) is 16.4. The van der Waals surface area contributed by atoms with Crippen LogP contribution in [-0.4, -0.2) is 9.97 Å². The first kappa shape index (κ1) is 33.1. The topological polar surface area (TPSA) is 25.8 Å². The maximum atomic E-state index is 5.32. The van der Waals surface area contributed by atoms with Crippen molar-refractivity contribution in [3.05, 3.63) is 229 Å². The zero-order valence-corrected chi connectivity index (χ0v) is 32.2. The van der Waals surface area contributed by atoms with Crippen molar-refractivity contribution in [3.8, 4) is 56.2 Å². The number of nitrogens with zero attached hydrogens (tertiary/aromatic N) is 2. The van der Waals surface area contributed by atoms with E-state index in [0.717, 1.165) is 28.1 Å². The minimum absolute atomic E-state index is 0.462. The Kier molecular flexibility index (Phi) is 7.41. The fourth-order valence-corrected chi connectivity index (χ4v) is 10.7. The molecule has 10 aromatic rings. The van der Waals surface area contributed by atoms with E-state index in [-0.39, 0.29) is 0 Å². The van der Waals surface area contributed by atoms with Crippen LogP contribution in [0.3, 0.4) is 0 Å². The van der Waals surface area contributed by atoms with Crippen LogP contribution in [0.25, 0.3) is 77.7 Å². The van der Waals surface area contributed by atoms with Crippen LogP contribution >= 0.6 is 11.8 Å². The lowest BCUT2D eigenvalue weighted by atomic mass is 9.67. The minimum atomic E-state index is -0.462. The van der Waals surface area contributed by atoms with E-state index in [4.69, 9.17) is 9.97 Å². The first-order valence-electron chi connectivity index (χ1n) is 19.8. The van der Waals surface area contributed by atoms with Crippen molar-refractivity contribution >= 4 is 33.3 Å². The molecule has 0 saturated carbocycles. The van der Waals surface area contributed by atoms with Gasteiger partial charge in [-0.2, -0.15) is 0 Å². The summed E-state index contributed by atoms with van der Waals surface area (Å²) in [5.41, 5.74) is 14.7.